The van der Waals surface area contributed by atoms with Crippen molar-refractivity contribution in [1.29, 1.82) is 0 Å². The molecule has 0 saturated carbocycles. The predicted molar refractivity (Wildman–Crippen MR) is 103 cm³/mol. The Hall–Kier alpha value is -3.25. The Morgan fingerprint density at radius 3 is 2.39 bits per heavy atom. The predicted octanol–water partition coefficient (Wildman–Crippen LogP) is 3.85. The summed E-state index contributed by atoms with van der Waals surface area (Å²) in [7, 11) is 1.44. The third-order valence-electron chi connectivity index (χ3n) is 4.61. The Kier molecular flexibility index (Phi) is 4.35. The van der Waals surface area contributed by atoms with Crippen LogP contribution in [0.15, 0.2) is 36.4 Å². The van der Waals surface area contributed by atoms with E-state index in [1.165, 1.54) is 7.11 Å². The van der Waals surface area contributed by atoms with E-state index in [1.807, 2.05) is 0 Å². The van der Waals surface area contributed by atoms with E-state index >= 15 is 0 Å². The van der Waals surface area contributed by atoms with Crippen LogP contribution >= 0.6 is 11.6 Å². The summed E-state index contributed by atoms with van der Waals surface area (Å²) >= 11 is 6.36. The van der Waals surface area contributed by atoms with Crippen LogP contribution in [0.1, 0.15) is 49.3 Å². The lowest BCUT2D eigenvalue weighted by atomic mass is 9.83. The molecule has 1 aromatic heterocycles. The van der Waals surface area contributed by atoms with Crippen molar-refractivity contribution in [3.05, 3.63) is 69.4 Å². The van der Waals surface area contributed by atoms with E-state index in [1.54, 1.807) is 43.3 Å². The van der Waals surface area contributed by atoms with Gasteiger partial charge >= 0.3 is 5.97 Å². The second-order valence-electron chi connectivity index (χ2n) is 6.11. The van der Waals surface area contributed by atoms with Crippen LogP contribution < -0.4 is 4.74 Å². The Morgan fingerprint density at radius 1 is 1.07 bits per heavy atom. The van der Waals surface area contributed by atoms with E-state index in [2.05, 4.69) is 4.98 Å². The summed E-state index contributed by atoms with van der Waals surface area (Å²) in [5, 5.41) is 0.423. The smallest absolute Gasteiger partial charge is 0.339 e. The fraction of sp³-hybridized carbons (Fsp3) is 0.143. The highest BCUT2D eigenvalue weighted by molar-refractivity contribution is 6.39. The first-order chi connectivity index (χ1) is 13.5. The number of rotatable bonds is 3. The van der Waals surface area contributed by atoms with Gasteiger partial charge in [0, 0.05) is 16.5 Å². The number of hydrogen-bond acceptors (Lipinski definition) is 6. The van der Waals surface area contributed by atoms with Crippen LogP contribution in [0, 0.1) is 0 Å². The molecule has 0 spiro atoms. The van der Waals surface area contributed by atoms with Gasteiger partial charge in [-0.1, -0.05) is 35.9 Å². The minimum absolute atomic E-state index is 0.0707. The summed E-state index contributed by atoms with van der Waals surface area (Å²) in [6, 6.07) is 9.56. The molecule has 2 aromatic carbocycles. The summed E-state index contributed by atoms with van der Waals surface area (Å²) in [6.45, 7) is 1.75. The Morgan fingerprint density at radius 2 is 1.75 bits per heavy atom. The molecule has 0 radical (unpaired) electrons. The van der Waals surface area contributed by atoms with Gasteiger partial charge in [-0.2, -0.15) is 0 Å². The standard InChI is InChI=1S/C21H14ClNO5/c1-3-28-21(26)15-14-12(22)8-9-13(27-2)17(14)23-18-16(15)19(24)10-6-4-5-7-11(10)20(18)25/h4-9H,3H2,1-2H3. The van der Waals surface area contributed by atoms with Gasteiger partial charge in [0.15, 0.2) is 5.78 Å². The molecule has 0 bridgehead atoms. The number of nitrogens with zero attached hydrogens (tertiary/aromatic N) is 1. The molecule has 6 nitrogen and oxygen atoms in total. The first-order valence-electron chi connectivity index (χ1n) is 8.55. The van der Waals surface area contributed by atoms with Crippen LogP contribution in [0.5, 0.6) is 5.75 Å². The number of aromatic nitrogens is 1. The van der Waals surface area contributed by atoms with Crippen LogP contribution in [0.25, 0.3) is 10.9 Å². The number of halogens is 1. The minimum atomic E-state index is -0.748. The molecular weight excluding hydrogens is 382 g/mol. The third kappa shape index (κ3) is 2.49. The molecule has 28 heavy (non-hydrogen) atoms. The summed E-state index contributed by atoms with van der Waals surface area (Å²) in [5.41, 5.74) is 0.397. The van der Waals surface area contributed by atoms with Crippen molar-refractivity contribution < 1.29 is 23.9 Å². The lowest BCUT2D eigenvalue weighted by Gasteiger charge is -2.21. The van der Waals surface area contributed by atoms with Crippen LogP contribution in [-0.4, -0.2) is 36.2 Å². The first-order valence-corrected chi connectivity index (χ1v) is 8.93. The lowest BCUT2D eigenvalue weighted by molar-refractivity contribution is 0.0525. The number of pyridine rings is 1. The maximum absolute atomic E-state index is 13.2. The van der Waals surface area contributed by atoms with Crippen LogP contribution in [0.2, 0.25) is 5.02 Å². The molecule has 0 fully saturated rings. The van der Waals surface area contributed by atoms with E-state index < -0.39 is 17.5 Å². The SMILES string of the molecule is CCOC(=O)c1c2c(nc3c(OC)ccc(Cl)c13)C(=O)c1ccccc1C2=O. The van der Waals surface area contributed by atoms with Gasteiger partial charge in [-0.05, 0) is 19.1 Å². The van der Waals surface area contributed by atoms with Crippen molar-refractivity contribution in [3.63, 3.8) is 0 Å². The molecule has 0 saturated heterocycles. The first kappa shape index (κ1) is 18.1. The van der Waals surface area contributed by atoms with Crippen molar-refractivity contribution >= 4 is 40.0 Å². The normalized spacial score (nSPS) is 12.5. The average molecular weight is 396 g/mol. The van der Waals surface area contributed by atoms with Gasteiger partial charge < -0.3 is 9.47 Å². The number of hydrogen-bond donors (Lipinski definition) is 0. The van der Waals surface area contributed by atoms with Gasteiger partial charge in [0.1, 0.15) is 17.0 Å². The van der Waals surface area contributed by atoms with E-state index in [-0.39, 0.29) is 50.5 Å². The molecule has 0 aliphatic heterocycles. The number of carbonyl (C=O) groups excluding carboxylic acids is 3. The summed E-state index contributed by atoms with van der Waals surface area (Å²) < 4.78 is 10.5. The third-order valence-corrected chi connectivity index (χ3v) is 4.92. The lowest BCUT2D eigenvalue weighted by Crippen LogP contribution is -2.26. The zero-order chi connectivity index (χ0) is 20.0. The quantitative estimate of drug-likeness (QED) is 0.490. The molecule has 140 valence electrons. The molecule has 0 amide bonds. The van der Waals surface area contributed by atoms with Crippen molar-refractivity contribution in [1.82, 2.24) is 4.98 Å². The minimum Gasteiger partial charge on any atom is -0.494 e. The Labute approximate surface area is 165 Å². The molecular formula is C21H14ClNO5. The summed E-state index contributed by atoms with van der Waals surface area (Å²) in [6.07, 6.45) is 0. The fourth-order valence-electron chi connectivity index (χ4n) is 3.41. The number of ether oxygens (including phenoxy) is 2. The van der Waals surface area contributed by atoms with E-state index in [4.69, 9.17) is 21.1 Å². The van der Waals surface area contributed by atoms with Gasteiger partial charge in [-0.25, -0.2) is 9.78 Å². The second-order valence-corrected chi connectivity index (χ2v) is 6.52. The van der Waals surface area contributed by atoms with Gasteiger partial charge in [0.25, 0.3) is 0 Å². The zero-order valence-electron chi connectivity index (χ0n) is 15.0. The summed E-state index contributed by atoms with van der Waals surface area (Å²) in [4.78, 5) is 43.5. The molecule has 7 heteroatoms. The molecule has 1 aliphatic carbocycles. The van der Waals surface area contributed by atoms with E-state index in [0.29, 0.717) is 5.75 Å². The zero-order valence-corrected chi connectivity index (χ0v) is 15.8. The fourth-order valence-corrected chi connectivity index (χ4v) is 3.65. The topological polar surface area (TPSA) is 82.6 Å². The maximum Gasteiger partial charge on any atom is 0.339 e. The van der Waals surface area contributed by atoms with E-state index in [9.17, 15) is 14.4 Å². The number of fused-ring (bicyclic) bond motifs is 3. The largest absolute Gasteiger partial charge is 0.494 e. The molecule has 1 heterocycles. The van der Waals surface area contributed by atoms with E-state index in [0.717, 1.165) is 0 Å². The van der Waals surface area contributed by atoms with Crippen molar-refractivity contribution in [2.75, 3.05) is 13.7 Å². The highest BCUT2D eigenvalue weighted by Gasteiger charge is 2.37. The number of esters is 1. The molecule has 0 unspecified atom stereocenters. The van der Waals surface area contributed by atoms with Crippen LogP contribution in [0.4, 0.5) is 0 Å². The summed E-state index contributed by atoms with van der Waals surface area (Å²) in [5.74, 6) is -1.34. The highest BCUT2D eigenvalue weighted by Crippen LogP contribution is 2.39. The van der Waals surface area contributed by atoms with Crippen molar-refractivity contribution in [2.45, 2.75) is 6.92 Å². The van der Waals surface area contributed by atoms with Gasteiger partial charge in [0.05, 0.1) is 29.9 Å². The highest BCUT2D eigenvalue weighted by atomic mass is 35.5. The maximum atomic E-state index is 13.2. The Balaban J connectivity index is 2.18. The molecule has 4 rings (SSSR count). The monoisotopic (exact) mass is 395 g/mol. The van der Waals surface area contributed by atoms with Crippen molar-refractivity contribution in [3.8, 4) is 5.75 Å². The number of benzene rings is 2. The number of ketones is 2. The number of carbonyl (C=O) groups is 3. The Bertz CT molecular complexity index is 1190. The van der Waals surface area contributed by atoms with Gasteiger partial charge in [-0.15, -0.1) is 0 Å². The molecule has 0 atom stereocenters. The number of methoxy groups -OCH3 is 1. The average Bonchev–Trinajstić information content (AvgIpc) is 2.71. The van der Waals surface area contributed by atoms with Gasteiger partial charge in [-0.3, -0.25) is 9.59 Å². The van der Waals surface area contributed by atoms with Gasteiger partial charge in [0.2, 0.25) is 5.78 Å². The van der Waals surface area contributed by atoms with Crippen LogP contribution in [-0.2, 0) is 4.74 Å². The molecule has 1 aliphatic rings. The van der Waals surface area contributed by atoms with Crippen molar-refractivity contribution in [2.24, 2.45) is 0 Å². The van der Waals surface area contributed by atoms with Crippen LogP contribution in [0.3, 0.4) is 0 Å². The molecule has 0 N–H and O–H groups in total. The molecule has 3 aromatic rings. The second kappa shape index (κ2) is 6.73.